The zero-order valence-electron chi connectivity index (χ0n) is 21.2. The molecule has 0 radical (unpaired) electrons. The minimum Gasteiger partial charge on any atom is -0.388 e. The van der Waals surface area contributed by atoms with Gasteiger partial charge in [-0.15, -0.1) is 13.2 Å². The maximum atomic E-state index is 13.1. The Morgan fingerprint density at radius 2 is 1.62 bits per heavy atom. The number of H-pyrrole nitrogens is 1. The molecule has 1 N–H and O–H groups in total. The molecule has 5 fully saturated rings. The Labute approximate surface area is 221 Å². The second-order valence-corrected chi connectivity index (χ2v) is 12.7. The number of carbonyl (C=O) groups is 1. The Morgan fingerprint density at radius 3 is 2.18 bits per heavy atom. The van der Waals surface area contributed by atoms with Crippen LogP contribution in [0, 0.1) is 16.7 Å². The number of ether oxygens (including phenoxy) is 1. The van der Waals surface area contributed by atoms with E-state index in [-0.39, 0.29) is 41.5 Å². The summed E-state index contributed by atoms with van der Waals surface area (Å²) in [5, 5.41) is 7.11. The van der Waals surface area contributed by atoms with Crippen LogP contribution in [-0.2, 0) is 6.42 Å². The zero-order chi connectivity index (χ0) is 27.2. The Bertz CT molecular complexity index is 1240. The minimum atomic E-state index is -4.75. The van der Waals surface area contributed by atoms with Gasteiger partial charge in [-0.1, -0.05) is 6.07 Å². The van der Waals surface area contributed by atoms with Gasteiger partial charge in [0.25, 0.3) is 0 Å². The second-order valence-electron chi connectivity index (χ2n) is 12.7. The van der Waals surface area contributed by atoms with Crippen molar-refractivity contribution in [3.63, 3.8) is 0 Å². The molecule has 0 bridgehead atoms. The Balaban J connectivity index is 0.818. The van der Waals surface area contributed by atoms with Gasteiger partial charge in [0, 0.05) is 73.9 Å². The van der Waals surface area contributed by atoms with E-state index in [1.54, 1.807) is 6.07 Å². The number of halogens is 5. The summed E-state index contributed by atoms with van der Waals surface area (Å²) in [6.45, 7) is 2.99. The summed E-state index contributed by atoms with van der Waals surface area (Å²) in [6, 6.07) is 2.96. The quantitative estimate of drug-likeness (QED) is 0.536. The maximum Gasteiger partial charge on any atom is 0.574 e. The number of likely N-dealkylation sites (tertiary alicyclic amines) is 2. The van der Waals surface area contributed by atoms with Crippen LogP contribution in [0.15, 0.2) is 18.3 Å². The van der Waals surface area contributed by atoms with Crippen molar-refractivity contribution in [1.29, 1.82) is 0 Å². The van der Waals surface area contributed by atoms with Gasteiger partial charge in [0.2, 0.25) is 11.8 Å². The Hall–Kier alpha value is -2.99. The van der Waals surface area contributed by atoms with Crippen molar-refractivity contribution in [1.82, 2.24) is 30.0 Å². The molecule has 0 atom stereocenters. The van der Waals surface area contributed by atoms with Crippen molar-refractivity contribution in [2.45, 2.75) is 69.1 Å². The molecule has 2 aromatic rings. The third-order valence-corrected chi connectivity index (χ3v) is 9.35. The third kappa shape index (κ3) is 4.61. The molecule has 0 unspecified atom stereocenters. The first-order chi connectivity index (χ1) is 18.4. The molecule has 2 aromatic heterocycles. The van der Waals surface area contributed by atoms with Crippen molar-refractivity contribution in [3.05, 3.63) is 35.5 Å². The van der Waals surface area contributed by atoms with Gasteiger partial charge in [-0.05, 0) is 43.6 Å². The van der Waals surface area contributed by atoms with E-state index in [1.807, 2.05) is 9.80 Å². The van der Waals surface area contributed by atoms with Gasteiger partial charge in [0.15, 0.2) is 5.82 Å². The fourth-order valence-electron chi connectivity index (χ4n) is 7.54. The van der Waals surface area contributed by atoms with Crippen molar-refractivity contribution in [2.75, 3.05) is 26.2 Å². The lowest BCUT2D eigenvalue weighted by Gasteiger charge is -2.63. The van der Waals surface area contributed by atoms with Crippen LogP contribution in [-0.4, -0.2) is 74.5 Å². The summed E-state index contributed by atoms with van der Waals surface area (Å²) in [7, 11) is 0. The Kier molecular flexibility index (Phi) is 5.30. The van der Waals surface area contributed by atoms with E-state index in [4.69, 9.17) is 0 Å². The number of alkyl halides is 5. The summed E-state index contributed by atoms with van der Waals surface area (Å²) >= 11 is 0. The second kappa shape index (κ2) is 8.26. The van der Waals surface area contributed by atoms with Gasteiger partial charge < -0.3 is 14.5 Å². The van der Waals surface area contributed by atoms with Gasteiger partial charge in [0.1, 0.15) is 5.82 Å². The van der Waals surface area contributed by atoms with Gasteiger partial charge >= 0.3 is 12.4 Å². The topological polar surface area (TPSA) is 87.2 Å². The number of nitrogens with one attached hydrogen (secondary N) is 1. The van der Waals surface area contributed by atoms with E-state index in [2.05, 4.69) is 24.9 Å². The fraction of sp³-hybridized carbons (Fsp3) is 0.692. The molecule has 4 heterocycles. The average Bonchev–Trinajstić information content (AvgIpc) is 3.20. The number of carbonyl (C=O) groups excluding carboxylic acids is 1. The van der Waals surface area contributed by atoms with E-state index in [0.717, 1.165) is 69.7 Å². The number of aromatic nitrogens is 4. The highest BCUT2D eigenvalue weighted by atomic mass is 19.4. The van der Waals surface area contributed by atoms with Crippen LogP contribution in [0.5, 0.6) is 5.88 Å². The molecule has 3 saturated carbocycles. The lowest BCUT2D eigenvalue weighted by molar-refractivity contribution is -0.276. The van der Waals surface area contributed by atoms with E-state index in [1.165, 1.54) is 12.3 Å². The molecule has 2 aliphatic heterocycles. The van der Waals surface area contributed by atoms with Gasteiger partial charge in [-0.3, -0.25) is 5.10 Å². The predicted octanol–water partition coefficient (Wildman–Crippen LogP) is 4.87. The smallest absolute Gasteiger partial charge is 0.388 e. The van der Waals surface area contributed by atoms with Crippen LogP contribution in [0.4, 0.5) is 26.7 Å². The van der Waals surface area contributed by atoms with Crippen molar-refractivity contribution in [3.8, 4) is 5.88 Å². The average molecular weight is 553 g/mol. The molecular weight excluding hydrogens is 523 g/mol. The number of pyridine rings is 1. The van der Waals surface area contributed by atoms with Crippen LogP contribution in [0.3, 0.4) is 0 Å². The normalized spacial score (nSPS) is 25.5. The highest BCUT2D eigenvalue weighted by molar-refractivity contribution is 5.77. The predicted molar refractivity (Wildman–Crippen MR) is 126 cm³/mol. The van der Waals surface area contributed by atoms with Crippen LogP contribution < -0.4 is 4.74 Å². The summed E-state index contributed by atoms with van der Waals surface area (Å²) in [6.07, 6.45) is 0.944. The molecule has 5 aliphatic rings. The lowest BCUT2D eigenvalue weighted by Crippen LogP contribution is -2.70. The van der Waals surface area contributed by atoms with Crippen molar-refractivity contribution >= 4 is 6.03 Å². The van der Waals surface area contributed by atoms with Crippen molar-refractivity contribution < 1.29 is 31.5 Å². The summed E-state index contributed by atoms with van der Waals surface area (Å²) in [5.74, 6) is -1.34. The van der Waals surface area contributed by atoms with E-state index in [0.29, 0.717) is 11.7 Å². The molecule has 39 heavy (non-hydrogen) atoms. The molecule has 2 amide bonds. The SMILES string of the molecule is O=C(N1CC2(CC(Cc3ccc(OC(F)(F)F)nc3)C2)C1)N1CC2(CC(c3nc(C4CC(F)(F)C4)n[nH]3)C2)C1. The number of amides is 2. The molecular formula is C26H29F5N6O2. The summed E-state index contributed by atoms with van der Waals surface area (Å²) < 4.78 is 67.0. The van der Waals surface area contributed by atoms with Crippen molar-refractivity contribution in [2.24, 2.45) is 16.7 Å². The number of hydrogen-bond acceptors (Lipinski definition) is 5. The van der Waals surface area contributed by atoms with E-state index in [9.17, 15) is 26.7 Å². The first kappa shape index (κ1) is 25.0. The Morgan fingerprint density at radius 1 is 0.974 bits per heavy atom. The standard InChI is InChI=1S/C26H29F5N6O2/c27-25(28)8-18(9-25)21-33-20(34-35-21)17-6-24(7-17)13-37(14-24)22(38)36-11-23(12-36)4-16(5-23)3-15-1-2-19(32-10-15)39-26(29,30)31/h1-2,10,16-18H,3-9,11-14H2,(H,33,34,35). The van der Waals surface area contributed by atoms with Gasteiger partial charge in [-0.25, -0.2) is 23.5 Å². The molecule has 13 heteroatoms. The molecule has 210 valence electrons. The number of urea groups is 1. The van der Waals surface area contributed by atoms with Crippen LogP contribution >= 0.6 is 0 Å². The first-order valence-corrected chi connectivity index (χ1v) is 13.4. The maximum absolute atomic E-state index is 13.1. The number of aromatic amines is 1. The van der Waals surface area contributed by atoms with E-state index < -0.39 is 18.2 Å². The largest absolute Gasteiger partial charge is 0.574 e. The lowest BCUT2D eigenvalue weighted by atomic mass is 9.56. The van der Waals surface area contributed by atoms with Crippen LogP contribution in [0.1, 0.15) is 67.6 Å². The number of hydrogen-bond donors (Lipinski definition) is 1. The minimum absolute atomic E-state index is 0.0930. The summed E-state index contributed by atoms with van der Waals surface area (Å²) in [5.41, 5.74) is 1.19. The van der Waals surface area contributed by atoms with Gasteiger partial charge in [0.05, 0.1) is 0 Å². The highest BCUT2D eigenvalue weighted by Gasteiger charge is 2.59. The fourth-order valence-corrected chi connectivity index (χ4v) is 7.54. The molecule has 2 saturated heterocycles. The van der Waals surface area contributed by atoms with E-state index >= 15 is 0 Å². The molecule has 7 rings (SSSR count). The monoisotopic (exact) mass is 552 g/mol. The first-order valence-electron chi connectivity index (χ1n) is 13.4. The zero-order valence-corrected chi connectivity index (χ0v) is 21.2. The number of nitrogens with zero attached hydrogens (tertiary/aromatic N) is 5. The molecule has 8 nitrogen and oxygen atoms in total. The molecule has 0 aromatic carbocycles. The van der Waals surface area contributed by atoms with Crippen LogP contribution in [0.25, 0.3) is 0 Å². The third-order valence-electron chi connectivity index (χ3n) is 9.35. The van der Waals surface area contributed by atoms with Crippen LogP contribution in [0.2, 0.25) is 0 Å². The number of rotatable bonds is 5. The highest BCUT2D eigenvalue weighted by Crippen LogP contribution is 2.57. The van der Waals surface area contributed by atoms with Gasteiger partial charge in [-0.2, -0.15) is 5.10 Å². The molecule has 3 aliphatic carbocycles. The summed E-state index contributed by atoms with van der Waals surface area (Å²) in [4.78, 5) is 25.0. The molecule has 2 spiro atoms.